The summed E-state index contributed by atoms with van der Waals surface area (Å²) >= 11 is 1.70. The van der Waals surface area contributed by atoms with E-state index in [1.807, 2.05) is 0 Å². The Balaban J connectivity index is 1.81. The van der Waals surface area contributed by atoms with Crippen LogP contribution in [0, 0.1) is 6.92 Å². The number of aromatic nitrogens is 2. The highest BCUT2D eigenvalue weighted by atomic mass is 32.1. The Bertz CT molecular complexity index is 480. The monoisotopic (exact) mass is 266 g/mol. The molecule has 0 amide bonds. The van der Waals surface area contributed by atoms with Crippen LogP contribution in [0.3, 0.4) is 0 Å². The van der Waals surface area contributed by atoms with E-state index in [9.17, 15) is 0 Å². The van der Waals surface area contributed by atoms with Crippen molar-refractivity contribution in [2.24, 2.45) is 0 Å². The van der Waals surface area contributed by atoms with Crippen LogP contribution in [-0.2, 0) is 13.1 Å². The molecule has 2 rings (SSSR count). The third-order valence-electron chi connectivity index (χ3n) is 2.56. The van der Waals surface area contributed by atoms with Gasteiger partial charge in [-0.3, -0.25) is 0 Å². The molecule has 18 heavy (non-hydrogen) atoms. The number of anilines is 1. The molecule has 5 nitrogen and oxygen atoms in total. The molecule has 2 N–H and O–H groups in total. The number of aryl methyl sites for hydroxylation is 1. The fraction of sp³-hybridized carbons (Fsp3) is 0.500. The quantitative estimate of drug-likeness (QED) is 0.754. The molecule has 0 radical (unpaired) electrons. The maximum Gasteiger partial charge on any atom is 0.315 e. The van der Waals surface area contributed by atoms with Crippen molar-refractivity contribution in [3.63, 3.8) is 0 Å². The second-order valence-electron chi connectivity index (χ2n) is 4.11. The zero-order valence-electron chi connectivity index (χ0n) is 10.7. The summed E-state index contributed by atoms with van der Waals surface area (Å²) in [5.41, 5.74) is 2.56. The lowest BCUT2D eigenvalue weighted by Gasteiger charge is -2.00. The fourth-order valence-electron chi connectivity index (χ4n) is 1.51. The van der Waals surface area contributed by atoms with Crippen molar-refractivity contribution in [2.45, 2.75) is 33.4 Å². The number of hydrogen-bond acceptors (Lipinski definition) is 6. The lowest BCUT2D eigenvalue weighted by atomic mass is 10.2. The van der Waals surface area contributed by atoms with E-state index in [0.29, 0.717) is 18.5 Å². The van der Waals surface area contributed by atoms with Gasteiger partial charge in [-0.1, -0.05) is 12.0 Å². The maximum absolute atomic E-state index is 5.48. The highest BCUT2D eigenvalue weighted by Crippen LogP contribution is 2.15. The minimum atomic E-state index is 0.480. The number of thiophene rings is 1. The highest BCUT2D eigenvalue weighted by Gasteiger charge is 2.06. The van der Waals surface area contributed by atoms with Gasteiger partial charge in [0.2, 0.25) is 5.89 Å². The molecule has 0 aliphatic carbocycles. The molecule has 0 aliphatic rings. The summed E-state index contributed by atoms with van der Waals surface area (Å²) in [4.78, 5) is 0. The molecule has 98 valence electrons. The van der Waals surface area contributed by atoms with Gasteiger partial charge in [0.1, 0.15) is 0 Å². The standard InChI is InChI=1S/C12H18N4OS/c1-3-4-13-6-11-15-16-12(17-11)14-5-10-8-18-7-9(10)2/h7-8,13H,3-6H2,1-2H3,(H,14,16). The Morgan fingerprint density at radius 1 is 1.28 bits per heavy atom. The molecule has 0 bridgehead atoms. The van der Waals surface area contributed by atoms with E-state index in [1.54, 1.807) is 11.3 Å². The van der Waals surface area contributed by atoms with E-state index in [1.165, 1.54) is 11.1 Å². The molecule has 0 fully saturated rings. The first kappa shape index (κ1) is 13.0. The summed E-state index contributed by atoms with van der Waals surface area (Å²) in [7, 11) is 0. The van der Waals surface area contributed by atoms with Crippen molar-refractivity contribution < 1.29 is 4.42 Å². The molecule has 0 saturated heterocycles. The first-order valence-electron chi connectivity index (χ1n) is 6.08. The summed E-state index contributed by atoms with van der Waals surface area (Å²) in [5.74, 6) is 0.619. The predicted octanol–water partition coefficient (Wildman–Crippen LogP) is 2.55. The van der Waals surface area contributed by atoms with Gasteiger partial charge >= 0.3 is 6.01 Å². The van der Waals surface area contributed by atoms with Gasteiger partial charge in [0.05, 0.1) is 6.54 Å². The van der Waals surface area contributed by atoms with Crippen LogP contribution in [-0.4, -0.2) is 16.7 Å². The normalized spacial score (nSPS) is 10.8. The van der Waals surface area contributed by atoms with Crippen molar-refractivity contribution in [3.8, 4) is 0 Å². The van der Waals surface area contributed by atoms with Crippen LogP contribution < -0.4 is 10.6 Å². The Morgan fingerprint density at radius 3 is 2.89 bits per heavy atom. The average Bonchev–Trinajstić information content (AvgIpc) is 2.96. The first-order valence-corrected chi connectivity index (χ1v) is 7.02. The van der Waals surface area contributed by atoms with Gasteiger partial charge in [-0.05, 0) is 41.8 Å². The van der Waals surface area contributed by atoms with Crippen molar-refractivity contribution in [2.75, 3.05) is 11.9 Å². The third-order valence-corrected chi connectivity index (χ3v) is 3.47. The number of nitrogens with one attached hydrogen (secondary N) is 2. The Hall–Kier alpha value is -1.40. The molecule has 0 spiro atoms. The molecule has 2 aromatic heterocycles. The molecule has 0 aromatic carbocycles. The van der Waals surface area contributed by atoms with Gasteiger partial charge in [0.15, 0.2) is 0 Å². The molecular weight excluding hydrogens is 248 g/mol. The van der Waals surface area contributed by atoms with Crippen LogP contribution in [0.1, 0.15) is 30.4 Å². The largest absolute Gasteiger partial charge is 0.407 e. The van der Waals surface area contributed by atoms with E-state index in [4.69, 9.17) is 4.42 Å². The average molecular weight is 266 g/mol. The van der Waals surface area contributed by atoms with Crippen LogP contribution in [0.2, 0.25) is 0 Å². The van der Waals surface area contributed by atoms with Gasteiger partial charge in [0, 0.05) is 6.54 Å². The van der Waals surface area contributed by atoms with Crippen molar-refractivity contribution in [1.29, 1.82) is 0 Å². The number of hydrogen-bond donors (Lipinski definition) is 2. The van der Waals surface area contributed by atoms with E-state index in [-0.39, 0.29) is 0 Å². The highest BCUT2D eigenvalue weighted by molar-refractivity contribution is 7.08. The summed E-state index contributed by atoms with van der Waals surface area (Å²) in [6.07, 6.45) is 1.09. The molecule has 0 saturated carbocycles. The van der Waals surface area contributed by atoms with E-state index in [0.717, 1.165) is 19.5 Å². The predicted molar refractivity (Wildman–Crippen MR) is 72.7 cm³/mol. The summed E-state index contributed by atoms with van der Waals surface area (Å²) < 4.78 is 5.48. The molecule has 2 heterocycles. The molecular formula is C12H18N4OS. The summed E-state index contributed by atoms with van der Waals surface area (Å²) in [5, 5.41) is 18.5. The second-order valence-corrected chi connectivity index (χ2v) is 4.85. The zero-order chi connectivity index (χ0) is 12.8. The lowest BCUT2D eigenvalue weighted by molar-refractivity contribution is 0.477. The van der Waals surface area contributed by atoms with Gasteiger partial charge in [-0.15, -0.1) is 5.10 Å². The van der Waals surface area contributed by atoms with Crippen LogP contribution in [0.15, 0.2) is 15.2 Å². The van der Waals surface area contributed by atoms with E-state index in [2.05, 4.69) is 45.4 Å². The maximum atomic E-state index is 5.48. The van der Waals surface area contributed by atoms with E-state index < -0.39 is 0 Å². The van der Waals surface area contributed by atoms with Crippen molar-refractivity contribution >= 4 is 17.4 Å². The van der Waals surface area contributed by atoms with Crippen molar-refractivity contribution in [3.05, 3.63) is 27.8 Å². The zero-order valence-corrected chi connectivity index (χ0v) is 11.5. The summed E-state index contributed by atoms with van der Waals surface area (Å²) in [6.45, 7) is 6.52. The molecule has 0 atom stereocenters. The second kappa shape index (κ2) is 6.51. The minimum Gasteiger partial charge on any atom is -0.407 e. The third kappa shape index (κ3) is 3.54. The van der Waals surface area contributed by atoms with Crippen LogP contribution >= 0.6 is 11.3 Å². The smallest absolute Gasteiger partial charge is 0.315 e. The van der Waals surface area contributed by atoms with Gasteiger partial charge in [-0.25, -0.2) is 0 Å². The van der Waals surface area contributed by atoms with Crippen LogP contribution in [0.5, 0.6) is 0 Å². The number of rotatable bonds is 7. The minimum absolute atomic E-state index is 0.480. The Kier molecular flexibility index (Phi) is 4.72. The van der Waals surface area contributed by atoms with Crippen LogP contribution in [0.25, 0.3) is 0 Å². The Labute approximate surface area is 111 Å². The Morgan fingerprint density at radius 2 is 2.17 bits per heavy atom. The van der Waals surface area contributed by atoms with Crippen LogP contribution in [0.4, 0.5) is 6.01 Å². The molecule has 6 heteroatoms. The molecule has 2 aromatic rings. The van der Waals surface area contributed by atoms with Gasteiger partial charge in [0.25, 0.3) is 0 Å². The van der Waals surface area contributed by atoms with Gasteiger partial charge in [-0.2, -0.15) is 11.3 Å². The molecule has 0 aliphatic heterocycles. The SMILES string of the molecule is CCCNCc1nnc(NCc2cscc2C)o1. The van der Waals surface area contributed by atoms with Crippen molar-refractivity contribution in [1.82, 2.24) is 15.5 Å². The molecule has 0 unspecified atom stereocenters. The summed E-state index contributed by atoms with van der Waals surface area (Å²) in [6, 6.07) is 0.480. The fourth-order valence-corrected chi connectivity index (χ4v) is 2.36. The first-order chi connectivity index (χ1) is 8.79. The number of nitrogens with zero attached hydrogens (tertiary/aromatic N) is 2. The van der Waals surface area contributed by atoms with E-state index >= 15 is 0 Å². The van der Waals surface area contributed by atoms with Gasteiger partial charge < -0.3 is 15.1 Å². The topological polar surface area (TPSA) is 63.0 Å². The lowest BCUT2D eigenvalue weighted by Crippen LogP contribution is -2.13.